The van der Waals surface area contributed by atoms with E-state index in [1.165, 1.54) is 25.6 Å². The van der Waals surface area contributed by atoms with Crippen LogP contribution >= 0.6 is 11.8 Å². The van der Waals surface area contributed by atoms with Crippen molar-refractivity contribution in [1.29, 1.82) is 0 Å². The van der Waals surface area contributed by atoms with Crippen LogP contribution in [0.15, 0.2) is 59.5 Å². The van der Waals surface area contributed by atoms with E-state index in [0.717, 1.165) is 16.0 Å². The number of carbonyl (C=O) groups is 2. The summed E-state index contributed by atoms with van der Waals surface area (Å²) in [4.78, 5) is 24.9. The van der Waals surface area contributed by atoms with E-state index in [2.05, 4.69) is 0 Å². The van der Waals surface area contributed by atoms with Crippen molar-refractivity contribution in [3.05, 3.63) is 65.7 Å². The molecule has 0 saturated carbocycles. The topological polar surface area (TPSA) is 80.3 Å². The molecular formula is C24H26O7S. The van der Waals surface area contributed by atoms with E-state index in [0.29, 0.717) is 0 Å². The number of fused-ring (bicyclic) bond motifs is 1. The number of hydrogen-bond acceptors (Lipinski definition) is 8. The molecule has 0 unspecified atom stereocenters. The lowest BCUT2D eigenvalue weighted by molar-refractivity contribution is -0.320. The first-order valence-electron chi connectivity index (χ1n) is 10.5. The zero-order valence-corrected chi connectivity index (χ0v) is 18.9. The van der Waals surface area contributed by atoms with Crippen LogP contribution in [-0.2, 0) is 33.3 Å². The summed E-state index contributed by atoms with van der Waals surface area (Å²) in [5.41, 5.74) is 1.37. The van der Waals surface area contributed by atoms with Crippen molar-refractivity contribution in [2.24, 2.45) is 0 Å². The fraction of sp³-hybridized carbons (Fsp3) is 0.417. The first-order valence-corrected chi connectivity index (χ1v) is 11.3. The molecule has 2 saturated heterocycles. The Bertz CT molecular complexity index is 933. The minimum atomic E-state index is -0.849. The van der Waals surface area contributed by atoms with Crippen LogP contribution in [0.1, 0.15) is 31.3 Å². The van der Waals surface area contributed by atoms with E-state index >= 15 is 0 Å². The average Bonchev–Trinajstić information content (AvgIpc) is 2.77. The van der Waals surface area contributed by atoms with Crippen molar-refractivity contribution in [2.45, 2.75) is 61.8 Å². The predicted octanol–water partition coefficient (Wildman–Crippen LogP) is 3.79. The Balaban J connectivity index is 1.61. The molecule has 170 valence electrons. The van der Waals surface area contributed by atoms with Crippen LogP contribution in [0.5, 0.6) is 0 Å². The summed E-state index contributed by atoms with van der Waals surface area (Å²) in [6.45, 7) is 4.90. The first-order chi connectivity index (χ1) is 15.4. The van der Waals surface area contributed by atoms with Crippen LogP contribution in [0.4, 0.5) is 0 Å². The molecule has 0 spiro atoms. The molecule has 0 amide bonds. The Morgan fingerprint density at radius 2 is 1.56 bits per heavy atom. The summed E-state index contributed by atoms with van der Waals surface area (Å²) in [6, 6.07) is 17.4. The summed E-state index contributed by atoms with van der Waals surface area (Å²) in [6.07, 6.45) is -3.48. The minimum Gasteiger partial charge on any atom is -0.456 e. The highest BCUT2D eigenvalue weighted by Gasteiger charge is 2.53. The molecule has 0 aromatic heterocycles. The molecule has 0 aliphatic carbocycles. The van der Waals surface area contributed by atoms with Gasteiger partial charge in [0.15, 0.2) is 18.5 Å². The minimum absolute atomic E-state index is 0.250. The maximum Gasteiger partial charge on any atom is 0.303 e. The Morgan fingerprint density at radius 3 is 2.22 bits per heavy atom. The van der Waals surface area contributed by atoms with Gasteiger partial charge < -0.3 is 23.7 Å². The van der Waals surface area contributed by atoms with Gasteiger partial charge in [-0.3, -0.25) is 9.59 Å². The molecule has 2 aliphatic rings. The molecule has 7 nitrogen and oxygen atoms in total. The molecular weight excluding hydrogens is 432 g/mol. The molecule has 2 aliphatic heterocycles. The predicted molar refractivity (Wildman–Crippen MR) is 117 cm³/mol. The molecule has 0 N–H and O–H groups in total. The highest BCUT2D eigenvalue weighted by Crippen LogP contribution is 2.41. The van der Waals surface area contributed by atoms with Gasteiger partial charge in [-0.1, -0.05) is 59.8 Å². The third-order valence-electron chi connectivity index (χ3n) is 5.23. The lowest BCUT2D eigenvalue weighted by Gasteiger charge is -2.48. The van der Waals surface area contributed by atoms with Gasteiger partial charge in [-0.2, -0.15) is 0 Å². The smallest absolute Gasteiger partial charge is 0.303 e. The van der Waals surface area contributed by atoms with Crippen LogP contribution in [-0.4, -0.2) is 48.4 Å². The fourth-order valence-electron chi connectivity index (χ4n) is 3.81. The number of esters is 2. The molecule has 2 aromatic carbocycles. The monoisotopic (exact) mass is 458 g/mol. The van der Waals surface area contributed by atoms with Crippen molar-refractivity contribution in [3.63, 3.8) is 0 Å². The quantitative estimate of drug-likeness (QED) is 0.626. The maximum atomic E-state index is 12.0. The zero-order valence-electron chi connectivity index (χ0n) is 18.1. The standard InChI is InChI=1S/C24H26O7S/c1-14-9-11-18(12-10-14)32-24-22(29-16(3)26)21(28-15(2)25)20-19(30-24)13-27-23(31-20)17-7-5-4-6-8-17/h4-12,19-24H,13H2,1-3H3/t19-,20-,21+,22+,23-,24-/m1/s1. The maximum absolute atomic E-state index is 12.0. The Kier molecular flexibility index (Phi) is 7.15. The lowest BCUT2D eigenvalue weighted by Crippen LogP contribution is -2.63. The van der Waals surface area contributed by atoms with Crippen LogP contribution in [0.2, 0.25) is 0 Å². The van der Waals surface area contributed by atoms with E-state index in [1.54, 1.807) is 0 Å². The van der Waals surface area contributed by atoms with Crippen LogP contribution in [0, 0.1) is 6.92 Å². The summed E-state index contributed by atoms with van der Waals surface area (Å²) in [5, 5.41) is 0. The number of carbonyl (C=O) groups excluding carboxylic acids is 2. The summed E-state index contributed by atoms with van der Waals surface area (Å²) < 4.78 is 29.7. The SMILES string of the molecule is CC(=O)O[C@@H]1[C@H](OC(C)=O)[C@@H](Sc2ccc(C)cc2)O[C@@H]2CO[C@@H](c3ccccc3)O[C@@H]12. The Labute approximate surface area is 191 Å². The molecule has 0 bridgehead atoms. The molecule has 32 heavy (non-hydrogen) atoms. The number of rotatable bonds is 5. The molecule has 2 fully saturated rings. The summed E-state index contributed by atoms with van der Waals surface area (Å²) in [5.74, 6) is -0.978. The van der Waals surface area contributed by atoms with Crippen molar-refractivity contribution in [1.82, 2.24) is 0 Å². The van der Waals surface area contributed by atoms with Gasteiger partial charge in [-0.05, 0) is 19.1 Å². The van der Waals surface area contributed by atoms with Crippen LogP contribution in [0.25, 0.3) is 0 Å². The van der Waals surface area contributed by atoms with Crippen LogP contribution in [0.3, 0.4) is 0 Å². The number of aryl methyl sites for hydroxylation is 1. The van der Waals surface area contributed by atoms with Gasteiger partial charge in [0.25, 0.3) is 0 Å². The Morgan fingerprint density at radius 1 is 0.906 bits per heavy atom. The van der Waals surface area contributed by atoms with Crippen molar-refractivity contribution < 1.29 is 33.3 Å². The van der Waals surface area contributed by atoms with E-state index < -0.39 is 48.1 Å². The third kappa shape index (κ3) is 5.32. The van der Waals surface area contributed by atoms with Crippen molar-refractivity contribution in [3.8, 4) is 0 Å². The average molecular weight is 459 g/mol. The van der Waals surface area contributed by atoms with E-state index in [4.69, 9.17) is 23.7 Å². The summed E-state index contributed by atoms with van der Waals surface area (Å²) in [7, 11) is 0. The first kappa shape index (κ1) is 22.8. The highest BCUT2D eigenvalue weighted by molar-refractivity contribution is 7.99. The highest BCUT2D eigenvalue weighted by atomic mass is 32.2. The van der Waals surface area contributed by atoms with E-state index in [1.807, 2.05) is 61.5 Å². The number of thioether (sulfide) groups is 1. The number of hydrogen-bond donors (Lipinski definition) is 0. The lowest BCUT2D eigenvalue weighted by atomic mass is 9.98. The number of ether oxygens (including phenoxy) is 5. The second-order valence-electron chi connectivity index (χ2n) is 7.80. The zero-order chi connectivity index (χ0) is 22.7. The van der Waals surface area contributed by atoms with Gasteiger partial charge in [-0.25, -0.2) is 0 Å². The van der Waals surface area contributed by atoms with Gasteiger partial charge in [0.2, 0.25) is 0 Å². The second-order valence-corrected chi connectivity index (χ2v) is 8.97. The van der Waals surface area contributed by atoms with Crippen molar-refractivity contribution in [2.75, 3.05) is 6.61 Å². The largest absolute Gasteiger partial charge is 0.456 e. The second kappa shape index (κ2) is 10.0. The molecule has 0 radical (unpaired) electrons. The van der Waals surface area contributed by atoms with Crippen LogP contribution < -0.4 is 0 Å². The van der Waals surface area contributed by atoms with E-state index in [9.17, 15) is 9.59 Å². The molecule has 6 atom stereocenters. The van der Waals surface area contributed by atoms with E-state index in [-0.39, 0.29) is 6.61 Å². The van der Waals surface area contributed by atoms with Crippen molar-refractivity contribution >= 4 is 23.7 Å². The molecule has 4 rings (SSSR count). The Hall–Kier alpha value is -2.39. The molecule has 2 heterocycles. The summed E-state index contributed by atoms with van der Waals surface area (Å²) >= 11 is 1.41. The molecule has 8 heteroatoms. The number of benzene rings is 2. The van der Waals surface area contributed by atoms with Gasteiger partial charge in [0.1, 0.15) is 17.6 Å². The van der Waals surface area contributed by atoms with Gasteiger partial charge >= 0.3 is 11.9 Å². The van der Waals surface area contributed by atoms with Gasteiger partial charge in [0.05, 0.1) is 6.61 Å². The normalized spacial score (nSPS) is 29.6. The fourth-order valence-corrected chi connectivity index (χ4v) is 4.92. The van der Waals surface area contributed by atoms with Gasteiger partial charge in [0, 0.05) is 24.3 Å². The van der Waals surface area contributed by atoms with Gasteiger partial charge in [-0.15, -0.1) is 0 Å². The molecule has 2 aromatic rings. The third-order valence-corrected chi connectivity index (χ3v) is 6.39.